The van der Waals surface area contributed by atoms with Gasteiger partial charge in [0.2, 0.25) is 17.8 Å². The lowest BCUT2D eigenvalue weighted by Crippen LogP contribution is -2.50. The van der Waals surface area contributed by atoms with E-state index in [1.54, 1.807) is 0 Å². The van der Waals surface area contributed by atoms with Crippen LogP contribution < -0.4 is 15.5 Å². The fourth-order valence-electron chi connectivity index (χ4n) is 3.98. The van der Waals surface area contributed by atoms with Crippen LogP contribution in [0.2, 0.25) is 0 Å². The lowest BCUT2D eigenvalue weighted by molar-refractivity contribution is -0.123. The van der Waals surface area contributed by atoms with Crippen LogP contribution in [0.4, 0.5) is 17.7 Å². The average molecular weight is 409 g/mol. The van der Waals surface area contributed by atoms with Crippen LogP contribution in [0.5, 0.6) is 0 Å². The number of nitrogens with one attached hydrogen (secondary N) is 3. The van der Waals surface area contributed by atoms with Crippen molar-refractivity contribution in [2.45, 2.75) is 64.0 Å². The standard InChI is InChI=1S/C21H28N8O/c1-21(2,3)25-18(30)15-6-4-10-28(15)20-23-17-7-5-11-29(17)19(24-20)22-16-12-14(26-27-16)13-8-9-13/h5,7,11-13,15H,4,6,8-10H2,1-3H3,(H,25,30)(H2,22,23,24,26,27)/t15-/m0/s1. The van der Waals surface area contributed by atoms with Gasteiger partial charge in [-0.3, -0.25) is 14.3 Å². The van der Waals surface area contributed by atoms with Gasteiger partial charge >= 0.3 is 0 Å². The van der Waals surface area contributed by atoms with Crippen molar-refractivity contribution in [3.63, 3.8) is 0 Å². The van der Waals surface area contributed by atoms with Crippen molar-refractivity contribution in [2.75, 3.05) is 16.8 Å². The molecular weight excluding hydrogens is 380 g/mol. The van der Waals surface area contributed by atoms with Gasteiger partial charge in [0, 0.05) is 36.0 Å². The molecule has 0 unspecified atom stereocenters. The highest BCUT2D eigenvalue weighted by atomic mass is 16.2. The fraction of sp³-hybridized carbons (Fsp3) is 0.524. The minimum Gasteiger partial charge on any atom is -0.350 e. The lowest BCUT2D eigenvalue weighted by atomic mass is 10.1. The van der Waals surface area contributed by atoms with E-state index in [9.17, 15) is 4.79 Å². The molecule has 1 aliphatic heterocycles. The van der Waals surface area contributed by atoms with Crippen molar-refractivity contribution in [2.24, 2.45) is 0 Å². The Labute approximate surface area is 175 Å². The molecule has 0 bridgehead atoms. The molecule has 1 saturated carbocycles. The molecule has 2 aliphatic rings. The van der Waals surface area contributed by atoms with E-state index in [1.165, 1.54) is 12.8 Å². The third-order valence-electron chi connectivity index (χ3n) is 5.54. The maximum atomic E-state index is 12.9. The first-order chi connectivity index (χ1) is 14.4. The summed E-state index contributed by atoms with van der Waals surface area (Å²) in [4.78, 5) is 24.4. The summed E-state index contributed by atoms with van der Waals surface area (Å²) in [5, 5.41) is 13.9. The van der Waals surface area contributed by atoms with Crippen LogP contribution in [0, 0.1) is 0 Å². The quantitative estimate of drug-likeness (QED) is 0.600. The Kier molecular flexibility index (Phi) is 4.41. The van der Waals surface area contributed by atoms with Gasteiger partial charge in [-0.05, 0) is 58.6 Å². The van der Waals surface area contributed by atoms with Gasteiger partial charge in [0.05, 0.1) is 0 Å². The number of hydrogen-bond donors (Lipinski definition) is 3. The number of nitrogens with zero attached hydrogens (tertiary/aromatic N) is 5. The highest BCUT2D eigenvalue weighted by Crippen LogP contribution is 2.39. The fourth-order valence-corrected chi connectivity index (χ4v) is 3.98. The number of aromatic amines is 1. The van der Waals surface area contributed by atoms with Gasteiger partial charge < -0.3 is 15.5 Å². The molecule has 1 aliphatic carbocycles. The maximum Gasteiger partial charge on any atom is 0.243 e. The summed E-state index contributed by atoms with van der Waals surface area (Å²) < 4.78 is 1.90. The second-order valence-corrected chi connectivity index (χ2v) is 9.28. The predicted molar refractivity (Wildman–Crippen MR) is 115 cm³/mol. The highest BCUT2D eigenvalue weighted by molar-refractivity contribution is 5.86. The number of anilines is 3. The number of amides is 1. The van der Waals surface area contributed by atoms with Gasteiger partial charge in [0.1, 0.15) is 11.7 Å². The van der Waals surface area contributed by atoms with Crippen molar-refractivity contribution in [3.05, 3.63) is 30.1 Å². The second kappa shape index (κ2) is 7.00. The minimum atomic E-state index is -0.274. The molecule has 0 aromatic carbocycles. The normalized spacial score (nSPS) is 19.4. The van der Waals surface area contributed by atoms with Gasteiger partial charge in [0.25, 0.3) is 0 Å². The van der Waals surface area contributed by atoms with E-state index in [0.717, 1.165) is 36.5 Å². The molecule has 3 aromatic heterocycles. The third-order valence-corrected chi connectivity index (χ3v) is 5.54. The van der Waals surface area contributed by atoms with Crippen LogP contribution in [-0.2, 0) is 4.79 Å². The van der Waals surface area contributed by atoms with E-state index in [1.807, 2.05) is 54.5 Å². The Morgan fingerprint density at radius 1 is 1.23 bits per heavy atom. The van der Waals surface area contributed by atoms with Crippen molar-refractivity contribution >= 4 is 29.3 Å². The molecule has 30 heavy (non-hydrogen) atoms. The van der Waals surface area contributed by atoms with E-state index in [0.29, 0.717) is 17.8 Å². The summed E-state index contributed by atoms with van der Waals surface area (Å²) in [7, 11) is 0. The van der Waals surface area contributed by atoms with Gasteiger partial charge in [0.15, 0.2) is 5.82 Å². The number of hydrogen-bond acceptors (Lipinski definition) is 6. The number of aromatic nitrogens is 5. The van der Waals surface area contributed by atoms with E-state index < -0.39 is 0 Å². The summed E-state index contributed by atoms with van der Waals surface area (Å²) in [5.74, 6) is 2.56. The SMILES string of the molecule is CC(C)(C)NC(=O)[C@@H]1CCCN1c1nc(Nc2cc(C3CC3)[nH]n2)n2cccc2n1. The topological polar surface area (TPSA) is 103 Å². The van der Waals surface area contributed by atoms with Crippen molar-refractivity contribution < 1.29 is 4.79 Å². The van der Waals surface area contributed by atoms with Crippen LogP contribution in [0.3, 0.4) is 0 Å². The Bertz CT molecular complexity index is 1070. The number of fused-ring (bicyclic) bond motifs is 1. The monoisotopic (exact) mass is 408 g/mol. The first kappa shape index (κ1) is 18.9. The third kappa shape index (κ3) is 3.71. The molecule has 2 fully saturated rings. The molecule has 3 aromatic rings. The molecule has 5 rings (SSSR count). The molecule has 3 N–H and O–H groups in total. The van der Waals surface area contributed by atoms with Crippen molar-refractivity contribution in [1.29, 1.82) is 0 Å². The van der Waals surface area contributed by atoms with Crippen molar-refractivity contribution in [3.8, 4) is 0 Å². The summed E-state index contributed by atoms with van der Waals surface area (Å²) in [6.07, 6.45) is 6.08. The summed E-state index contributed by atoms with van der Waals surface area (Å²) in [6.45, 7) is 6.74. The van der Waals surface area contributed by atoms with Crippen molar-refractivity contribution in [1.82, 2.24) is 29.9 Å². The van der Waals surface area contributed by atoms with Crippen LogP contribution >= 0.6 is 0 Å². The van der Waals surface area contributed by atoms with Crippen LogP contribution in [0.15, 0.2) is 24.4 Å². The first-order valence-corrected chi connectivity index (χ1v) is 10.6. The molecule has 9 nitrogen and oxygen atoms in total. The molecule has 158 valence electrons. The molecule has 0 spiro atoms. The van der Waals surface area contributed by atoms with Gasteiger partial charge in [-0.15, -0.1) is 0 Å². The molecule has 9 heteroatoms. The maximum absolute atomic E-state index is 12.9. The molecule has 0 radical (unpaired) electrons. The van der Waals surface area contributed by atoms with Gasteiger partial charge in [-0.25, -0.2) is 0 Å². The minimum absolute atomic E-state index is 0.0229. The number of carbonyl (C=O) groups is 1. The molecule has 1 atom stereocenters. The zero-order valence-corrected chi connectivity index (χ0v) is 17.6. The smallest absolute Gasteiger partial charge is 0.243 e. The highest BCUT2D eigenvalue weighted by Gasteiger charge is 2.34. The van der Waals surface area contributed by atoms with Crippen LogP contribution in [0.1, 0.15) is 58.1 Å². The largest absolute Gasteiger partial charge is 0.350 e. The zero-order valence-electron chi connectivity index (χ0n) is 17.6. The summed E-state index contributed by atoms with van der Waals surface area (Å²) in [5.41, 5.74) is 1.67. The van der Waals surface area contributed by atoms with E-state index in [4.69, 9.17) is 9.97 Å². The molecule has 1 saturated heterocycles. The Morgan fingerprint density at radius 3 is 2.83 bits per heavy atom. The van der Waals surface area contributed by atoms with E-state index in [2.05, 4.69) is 20.8 Å². The molecule has 4 heterocycles. The van der Waals surface area contributed by atoms with Crippen LogP contribution in [-0.4, -0.2) is 48.6 Å². The van der Waals surface area contributed by atoms with Crippen LogP contribution in [0.25, 0.3) is 5.65 Å². The Morgan fingerprint density at radius 2 is 2.07 bits per heavy atom. The van der Waals surface area contributed by atoms with E-state index >= 15 is 0 Å². The number of H-pyrrole nitrogens is 1. The Balaban J connectivity index is 1.45. The second-order valence-electron chi connectivity index (χ2n) is 9.28. The van der Waals surface area contributed by atoms with Gasteiger partial charge in [-0.2, -0.15) is 15.1 Å². The zero-order chi connectivity index (χ0) is 20.9. The number of carbonyl (C=O) groups excluding carboxylic acids is 1. The summed E-state index contributed by atoms with van der Waals surface area (Å²) >= 11 is 0. The molecular formula is C21H28N8O. The summed E-state index contributed by atoms with van der Waals surface area (Å²) in [6, 6.07) is 5.66. The average Bonchev–Trinajstić information content (AvgIpc) is 3.10. The lowest BCUT2D eigenvalue weighted by Gasteiger charge is -2.28. The van der Waals surface area contributed by atoms with Gasteiger partial charge in [-0.1, -0.05) is 0 Å². The number of rotatable bonds is 5. The predicted octanol–water partition coefficient (Wildman–Crippen LogP) is 2.96. The molecule has 1 amide bonds. The van der Waals surface area contributed by atoms with E-state index in [-0.39, 0.29) is 17.5 Å². The Hall–Kier alpha value is -3.10. The first-order valence-electron chi connectivity index (χ1n) is 10.6.